The second-order valence-electron chi connectivity index (χ2n) is 12.9. The molecule has 0 bridgehead atoms. The average molecular weight is 570 g/mol. The maximum Gasteiger partial charge on any atom is 0.258 e. The number of hydrogen-bond acceptors (Lipinski definition) is 5. The highest BCUT2D eigenvalue weighted by Gasteiger charge is 2.54. The molecule has 0 radical (unpaired) electrons. The molecule has 4 saturated carbocycles. The molecule has 4 fully saturated rings. The Hall–Kier alpha value is -2.43. The Morgan fingerprint density at radius 3 is 2.26 bits per heavy atom. The highest BCUT2D eigenvalue weighted by Crippen LogP contribution is 2.62. The van der Waals surface area contributed by atoms with Crippen molar-refractivity contribution in [2.75, 3.05) is 22.4 Å². The van der Waals surface area contributed by atoms with Crippen LogP contribution in [-0.4, -0.2) is 41.6 Å². The average Bonchev–Trinajstić information content (AvgIpc) is 3.76. The first kappa shape index (κ1) is 25.5. The quantitative estimate of drug-likeness (QED) is 0.536. The van der Waals surface area contributed by atoms with Crippen LogP contribution < -0.4 is 14.3 Å². The maximum atomic E-state index is 14.0. The van der Waals surface area contributed by atoms with Crippen LogP contribution in [0.1, 0.15) is 73.7 Å². The highest BCUT2D eigenvalue weighted by atomic mass is 32.2. The number of carbonyl (C=O) groups excluding carboxylic acids is 1. The van der Waals surface area contributed by atoms with Gasteiger partial charge in [0.25, 0.3) is 5.91 Å². The minimum atomic E-state index is -3.73. The normalized spacial score (nSPS) is 27.8. The van der Waals surface area contributed by atoms with Gasteiger partial charge in [-0.05, 0) is 117 Å². The van der Waals surface area contributed by atoms with Gasteiger partial charge < -0.3 is 4.90 Å². The molecule has 7 rings (SSSR count). The lowest BCUT2D eigenvalue weighted by molar-refractivity contribution is 0.0980. The van der Waals surface area contributed by atoms with Gasteiger partial charge >= 0.3 is 0 Å². The zero-order valence-corrected chi connectivity index (χ0v) is 23.8. The van der Waals surface area contributed by atoms with Gasteiger partial charge in [-0.1, -0.05) is 6.07 Å². The zero-order valence-electron chi connectivity index (χ0n) is 22.1. The SMILES string of the molecule is CS(=O)(=O)Nc1ccc2c(c1)C1(CCC3(CC3)CC1)CN2C(=O)c1cccc(S(=O)(=O)NC2CC3CC3C2)c1. The highest BCUT2D eigenvalue weighted by molar-refractivity contribution is 7.92. The Labute approximate surface area is 230 Å². The molecule has 0 aromatic heterocycles. The van der Waals surface area contributed by atoms with Gasteiger partial charge in [0.1, 0.15) is 0 Å². The smallest absolute Gasteiger partial charge is 0.258 e. The molecule has 1 aliphatic heterocycles. The molecular weight excluding hydrogens is 534 g/mol. The van der Waals surface area contributed by atoms with E-state index in [2.05, 4.69) is 9.44 Å². The van der Waals surface area contributed by atoms with Crippen molar-refractivity contribution in [3.8, 4) is 0 Å². The summed E-state index contributed by atoms with van der Waals surface area (Å²) in [6, 6.07) is 11.7. The monoisotopic (exact) mass is 569 g/mol. The molecule has 2 aromatic rings. The second kappa shape index (κ2) is 8.54. The lowest BCUT2D eigenvalue weighted by Gasteiger charge is -2.38. The van der Waals surface area contributed by atoms with Gasteiger partial charge in [-0.3, -0.25) is 9.52 Å². The van der Waals surface area contributed by atoms with Crippen LogP contribution in [0.5, 0.6) is 0 Å². The number of sulfonamides is 2. The summed E-state index contributed by atoms with van der Waals surface area (Å²) in [6.07, 6.45) is 10.8. The molecule has 2 unspecified atom stereocenters. The van der Waals surface area contributed by atoms with E-state index >= 15 is 0 Å². The molecule has 1 amide bonds. The van der Waals surface area contributed by atoms with Gasteiger partial charge in [-0.25, -0.2) is 21.6 Å². The van der Waals surface area contributed by atoms with Crippen molar-refractivity contribution >= 4 is 37.3 Å². The Morgan fingerprint density at radius 1 is 0.897 bits per heavy atom. The number of carbonyl (C=O) groups is 1. The number of nitrogens with one attached hydrogen (secondary N) is 2. The van der Waals surface area contributed by atoms with Crippen LogP contribution in [0.15, 0.2) is 47.4 Å². The maximum absolute atomic E-state index is 14.0. The zero-order chi connectivity index (χ0) is 27.2. The van der Waals surface area contributed by atoms with Gasteiger partial charge in [0.2, 0.25) is 20.0 Å². The molecule has 10 heteroatoms. The van der Waals surface area contributed by atoms with Crippen molar-refractivity contribution in [3.63, 3.8) is 0 Å². The van der Waals surface area contributed by atoms with Crippen LogP contribution >= 0.6 is 0 Å². The molecular formula is C29H35N3O5S2. The van der Waals surface area contributed by atoms with E-state index in [1.807, 2.05) is 12.1 Å². The molecule has 4 aliphatic carbocycles. The molecule has 0 saturated heterocycles. The summed E-state index contributed by atoms with van der Waals surface area (Å²) in [5.41, 5.74) is 2.85. The van der Waals surface area contributed by atoms with E-state index in [-0.39, 0.29) is 22.3 Å². The van der Waals surface area contributed by atoms with Gasteiger partial charge in [0.05, 0.1) is 11.2 Å². The number of nitrogens with zero attached hydrogens (tertiary/aromatic N) is 1. The van der Waals surface area contributed by atoms with Crippen LogP contribution in [0.2, 0.25) is 0 Å². The molecule has 5 aliphatic rings. The van der Waals surface area contributed by atoms with E-state index < -0.39 is 20.0 Å². The number of fused-ring (bicyclic) bond motifs is 3. The van der Waals surface area contributed by atoms with E-state index in [0.717, 1.165) is 56.0 Å². The first-order valence-corrected chi connectivity index (χ1v) is 17.4. The summed E-state index contributed by atoms with van der Waals surface area (Å²) < 4.78 is 55.7. The van der Waals surface area contributed by atoms with Crippen molar-refractivity contribution < 1.29 is 21.6 Å². The van der Waals surface area contributed by atoms with Gasteiger partial charge in [-0.2, -0.15) is 0 Å². The number of benzene rings is 2. The van der Waals surface area contributed by atoms with Crippen LogP contribution in [0.25, 0.3) is 0 Å². The standard InChI is InChI=1S/C29H35N3O5S2/c1-38(34,35)30-22-5-6-26-25(17-22)29(11-9-28(7-8-28)10-12-29)18-32(26)27(33)19-3-2-4-24(16-19)39(36,37)31-23-14-20-13-21(20)15-23/h2-6,16-17,20-21,23,30-31H,7-15,18H2,1H3. The first-order chi connectivity index (χ1) is 18.4. The van der Waals surface area contributed by atoms with Crippen molar-refractivity contribution in [1.82, 2.24) is 4.72 Å². The molecule has 2 aromatic carbocycles. The molecule has 2 N–H and O–H groups in total. The summed E-state index contributed by atoms with van der Waals surface area (Å²) in [5, 5.41) is 0. The minimum absolute atomic E-state index is 0.0285. The van der Waals surface area contributed by atoms with Gasteiger partial charge in [-0.15, -0.1) is 0 Å². The number of anilines is 2. The third kappa shape index (κ3) is 4.68. The Balaban J connectivity index is 1.18. The van der Waals surface area contributed by atoms with Crippen molar-refractivity contribution in [2.24, 2.45) is 17.3 Å². The molecule has 1 heterocycles. The van der Waals surface area contributed by atoms with E-state index in [1.165, 1.54) is 25.3 Å². The van der Waals surface area contributed by atoms with Crippen LogP contribution in [0.3, 0.4) is 0 Å². The fraction of sp³-hybridized carbons (Fsp3) is 0.552. The van der Waals surface area contributed by atoms with E-state index in [0.29, 0.717) is 35.0 Å². The molecule has 2 spiro atoms. The van der Waals surface area contributed by atoms with Crippen LogP contribution in [-0.2, 0) is 25.5 Å². The van der Waals surface area contributed by atoms with Crippen molar-refractivity contribution in [1.29, 1.82) is 0 Å². The van der Waals surface area contributed by atoms with E-state index in [9.17, 15) is 21.6 Å². The fourth-order valence-electron chi connectivity index (χ4n) is 7.54. The lowest BCUT2D eigenvalue weighted by atomic mass is 9.66. The predicted molar refractivity (Wildman–Crippen MR) is 150 cm³/mol. The topological polar surface area (TPSA) is 113 Å². The Bertz CT molecular complexity index is 1560. The largest absolute Gasteiger partial charge is 0.307 e. The third-order valence-electron chi connectivity index (χ3n) is 10.0. The molecule has 39 heavy (non-hydrogen) atoms. The van der Waals surface area contributed by atoms with E-state index in [4.69, 9.17) is 0 Å². The third-order valence-corrected chi connectivity index (χ3v) is 12.2. The molecule has 8 nitrogen and oxygen atoms in total. The molecule has 208 valence electrons. The Morgan fingerprint density at radius 2 is 1.59 bits per heavy atom. The van der Waals surface area contributed by atoms with Crippen molar-refractivity contribution in [2.45, 2.75) is 74.1 Å². The summed E-state index contributed by atoms with van der Waals surface area (Å²) in [5.74, 6) is 1.09. The first-order valence-electron chi connectivity index (χ1n) is 14.0. The van der Waals surface area contributed by atoms with Gasteiger partial charge in [0, 0.05) is 34.9 Å². The summed E-state index contributed by atoms with van der Waals surface area (Å²) in [7, 11) is -7.17. The van der Waals surface area contributed by atoms with Crippen LogP contribution in [0, 0.1) is 17.3 Å². The molecule has 2 atom stereocenters. The van der Waals surface area contributed by atoms with E-state index in [1.54, 1.807) is 29.2 Å². The summed E-state index contributed by atoms with van der Waals surface area (Å²) in [6.45, 7) is 0.514. The fourth-order valence-corrected chi connectivity index (χ4v) is 9.40. The lowest BCUT2D eigenvalue weighted by Crippen LogP contribution is -2.40. The minimum Gasteiger partial charge on any atom is -0.307 e. The summed E-state index contributed by atoms with van der Waals surface area (Å²) >= 11 is 0. The Kier molecular flexibility index (Phi) is 5.59. The van der Waals surface area contributed by atoms with Crippen LogP contribution in [0.4, 0.5) is 11.4 Å². The number of rotatable bonds is 6. The summed E-state index contributed by atoms with van der Waals surface area (Å²) in [4.78, 5) is 15.8. The second-order valence-corrected chi connectivity index (χ2v) is 16.3. The predicted octanol–water partition coefficient (Wildman–Crippen LogP) is 4.39. The van der Waals surface area contributed by atoms with Gasteiger partial charge in [0.15, 0.2) is 0 Å². The number of amides is 1. The van der Waals surface area contributed by atoms with Crippen molar-refractivity contribution in [3.05, 3.63) is 53.6 Å². The number of hydrogen-bond donors (Lipinski definition) is 2.